The summed E-state index contributed by atoms with van der Waals surface area (Å²) in [5, 5.41) is 5.06. The number of benzene rings is 4. The highest BCUT2D eigenvalue weighted by molar-refractivity contribution is 7.93. The van der Waals surface area contributed by atoms with Crippen molar-refractivity contribution in [3.63, 3.8) is 0 Å². The van der Waals surface area contributed by atoms with Crippen molar-refractivity contribution in [3.8, 4) is 11.5 Å². The number of carbonyl (C=O) groups is 2. The van der Waals surface area contributed by atoms with Crippen LogP contribution in [0.2, 0.25) is 10.0 Å². The normalized spacial score (nSPS) is 15.6. The number of rotatable bonds is 12. The van der Waals surface area contributed by atoms with E-state index in [9.17, 15) is 26.4 Å². The molecule has 0 spiro atoms. The lowest BCUT2D eigenvalue weighted by Crippen LogP contribution is -2.21. The number of amides is 2. The van der Waals surface area contributed by atoms with Crippen LogP contribution in [0.3, 0.4) is 0 Å². The summed E-state index contributed by atoms with van der Waals surface area (Å²) in [6, 6.07) is 20.3. The van der Waals surface area contributed by atoms with Gasteiger partial charge in [-0.1, -0.05) is 35.4 Å². The van der Waals surface area contributed by atoms with Gasteiger partial charge in [-0.3, -0.25) is 19.0 Å². The zero-order chi connectivity index (χ0) is 34.8. The summed E-state index contributed by atoms with van der Waals surface area (Å²) in [6.07, 6.45) is 0. The van der Waals surface area contributed by atoms with Crippen LogP contribution in [0.1, 0.15) is 0 Å². The maximum atomic E-state index is 13.1. The van der Waals surface area contributed by atoms with E-state index < -0.39 is 43.7 Å². The van der Waals surface area contributed by atoms with Gasteiger partial charge in [0.15, 0.2) is 0 Å². The van der Waals surface area contributed by atoms with Crippen LogP contribution in [0, 0.1) is 11.8 Å². The third kappa shape index (κ3) is 7.68. The maximum Gasteiger partial charge on any atom is 0.263 e. The fourth-order valence-electron chi connectivity index (χ4n) is 4.71. The topological polar surface area (TPSA) is 169 Å². The summed E-state index contributed by atoms with van der Waals surface area (Å²) in [5.41, 5.74) is 1.09. The number of nitrogens with one attached hydrogen (secondary N) is 4. The molecule has 48 heavy (non-hydrogen) atoms. The fraction of sp³-hybridized carbons (Fsp3) is 0.125. The van der Waals surface area contributed by atoms with Gasteiger partial charge >= 0.3 is 0 Å². The molecule has 250 valence electrons. The zero-order valence-corrected chi connectivity index (χ0v) is 28.4. The summed E-state index contributed by atoms with van der Waals surface area (Å²) in [6.45, 7) is 3.82. The lowest BCUT2D eigenvalue weighted by atomic mass is 10.2. The minimum atomic E-state index is -4.15. The number of sulfonamides is 2. The molecule has 5 rings (SSSR count). The Morgan fingerprint density at radius 1 is 0.604 bits per heavy atom. The van der Waals surface area contributed by atoms with E-state index in [1.807, 2.05) is 0 Å². The summed E-state index contributed by atoms with van der Waals surface area (Å²) in [5.74, 6) is -1.97. The molecule has 0 aliphatic heterocycles. The first-order valence-corrected chi connectivity index (χ1v) is 17.7. The highest BCUT2D eigenvalue weighted by Crippen LogP contribution is 2.46. The molecule has 1 saturated carbocycles. The lowest BCUT2D eigenvalue weighted by Gasteiger charge is -2.13. The monoisotopic (exact) mass is 730 g/mol. The van der Waals surface area contributed by atoms with Crippen molar-refractivity contribution < 1.29 is 35.9 Å². The summed E-state index contributed by atoms with van der Waals surface area (Å²) < 4.78 is 67.4. The number of carbonyl (C=O) groups excluding carboxylic acids is 2. The van der Waals surface area contributed by atoms with Gasteiger partial charge in [0.2, 0.25) is 11.8 Å². The average Bonchev–Trinajstić information content (AvgIpc) is 3.74. The molecule has 0 saturated heterocycles. The SMILES string of the molecule is C=C1[C@H](C(=O)Nc2ccc(Cl)c(S(=O)(=O)Nc3ccc(OC)cc3)c2)[C@H]1C(=O)Nc1ccc(Cl)c(S(=O)(=O)Nc2ccc(OC)cc2)c1. The number of hydrogen-bond donors (Lipinski definition) is 4. The van der Waals surface area contributed by atoms with E-state index in [-0.39, 0.29) is 42.6 Å². The maximum absolute atomic E-state index is 13.1. The molecule has 0 radical (unpaired) electrons. The molecule has 0 unspecified atom stereocenters. The minimum absolute atomic E-state index is 0.0781. The standard InChI is InChI=1S/C32H28Cl2N4O8S2/c1-18-29(31(39)35-21-8-14-25(33)27(16-21)47(41,42)37-19-4-10-23(45-2)11-5-19)30(18)32(40)36-22-9-15-26(34)28(17-22)48(43,44)38-20-6-12-24(46-3)13-7-20/h4-17,29-30,37-38H,1H2,2-3H3,(H,35,39)(H,36,40)/t29-,30-/m0/s1. The van der Waals surface area contributed by atoms with Crippen LogP contribution in [0.5, 0.6) is 11.5 Å². The van der Waals surface area contributed by atoms with E-state index in [1.54, 1.807) is 24.3 Å². The molecule has 4 aromatic carbocycles. The number of halogens is 2. The second-order valence-electron chi connectivity index (χ2n) is 10.5. The minimum Gasteiger partial charge on any atom is -0.497 e. The van der Waals surface area contributed by atoms with Crippen LogP contribution in [-0.4, -0.2) is 42.9 Å². The third-order valence-corrected chi connectivity index (χ3v) is 11.0. The van der Waals surface area contributed by atoms with Gasteiger partial charge in [-0.2, -0.15) is 0 Å². The number of ether oxygens (including phenoxy) is 2. The molecular weight excluding hydrogens is 703 g/mol. The Morgan fingerprint density at radius 2 is 0.938 bits per heavy atom. The molecule has 1 fully saturated rings. The number of hydrogen-bond acceptors (Lipinski definition) is 8. The zero-order valence-electron chi connectivity index (χ0n) is 25.3. The van der Waals surface area contributed by atoms with Gasteiger partial charge in [0.1, 0.15) is 21.3 Å². The van der Waals surface area contributed by atoms with Crippen molar-refractivity contribution in [2.75, 3.05) is 34.3 Å². The van der Waals surface area contributed by atoms with Crippen molar-refractivity contribution in [2.24, 2.45) is 11.8 Å². The van der Waals surface area contributed by atoms with Crippen LogP contribution in [0.4, 0.5) is 22.7 Å². The number of anilines is 4. The van der Waals surface area contributed by atoms with Crippen molar-refractivity contribution in [2.45, 2.75) is 9.79 Å². The van der Waals surface area contributed by atoms with E-state index in [1.165, 1.54) is 74.9 Å². The molecule has 12 nitrogen and oxygen atoms in total. The Labute approximate surface area is 287 Å². The fourth-order valence-corrected chi connectivity index (χ4v) is 7.88. The summed E-state index contributed by atoms with van der Waals surface area (Å²) in [4.78, 5) is 25.7. The number of methoxy groups -OCH3 is 2. The van der Waals surface area contributed by atoms with Gasteiger partial charge < -0.3 is 20.1 Å². The van der Waals surface area contributed by atoms with Crippen molar-refractivity contribution in [1.29, 1.82) is 0 Å². The molecule has 0 bridgehead atoms. The first-order chi connectivity index (χ1) is 22.7. The van der Waals surface area contributed by atoms with Gasteiger partial charge in [-0.25, -0.2) is 16.8 Å². The second kappa shape index (κ2) is 13.8. The molecule has 0 aromatic heterocycles. The Hall–Kier alpha value is -4.76. The summed E-state index contributed by atoms with van der Waals surface area (Å²) in [7, 11) is -5.33. The second-order valence-corrected chi connectivity index (χ2v) is 14.6. The Bertz CT molecular complexity index is 1980. The third-order valence-electron chi connectivity index (χ3n) is 7.25. The lowest BCUT2D eigenvalue weighted by molar-refractivity contribution is -0.122. The molecule has 2 amide bonds. The molecule has 16 heteroatoms. The highest BCUT2D eigenvalue weighted by Gasteiger charge is 2.52. The van der Waals surface area contributed by atoms with E-state index >= 15 is 0 Å². The molecular formula is C32H28Cl2N4O8S2. The van der Waals surface area contributed by atoms with Crippen molar-refractivity contribution >= 4 is 77.8 Å². The first-order valence-electron chi connectivity index (χ1n) is 14.0. The molecule has 4 aromatic rings. The van der Waals surface area contributed by atoms with Crippen LogP contribution in [0.25, 0.3) is 0 Å². The van der Waals surface area contributed by atoms with Crippen molar-refractivity contribution in [3.05, 3.63) is 107 Å². The highest BCUT2D eigenvalue weighted by atomic mass is 35.5. The van der Waals surface area contributed by atoms with Gasteiger partial charge in [-0.15, -0.1) is 0 Å². The Morgan fingerprint density at radius 3 is 1.27 bits per heavy atom. The Balaban J connectivity index is 1.25. The van der Waals surface area contributed by atoms with Crippen LogP contribution < -0.4 is 29.6 Å². The van der Waals surface area contributed by atoms with Gasteiger partial charge in [0, 0.05) is 22.7 Å². The van der Waals surface area contributed by atoms with E-state index in [0.29, 0.717) is 17.1 Å². The largest absolute Gasteiger partial charge is 0.497 e. The van der Waals surface area contributed by atoms with Gasteiger partial charge in [0.05, 0.1) is 36.1 Å². The van der Waals surface area contributed by atoms with Gasteiger partial charge in [0.25, 0.3) is 20.0 Å². The molecule has 1 aliphatic carbocycles. The molecule has 1 aliphatic rings. The van der Waals surface area contributed by atoms with E-state index in [0.717, 1.165) is 0 Å². The van der Waals surface area contributed by atoms with E-state index in [4.69, 9.17) is 32.7 Å². The van der Waals surface area contributed by atoms with Crippen LogP contribution >= 0.6 is 23.2 Å². The van der Waals surface area contributed by atoms with E-state index in [2.05, 4.69) is 26.7 Å². The van der Waals surface area contributed by atoms with Crippen LogP contribution in [-0.2, 0) is 29.6 Å². The average molecular weight is 732 g/mol. The first kappa shape index (κ1) is 34.6. The molecule has 0 heterocycles. The predicted molar refractivity (Wildman–Crippen MR) is 184 cm³/mol. The summed E-state index contributed by atoms with van der Waals surface area (Å²) >= 11 is 12.4. The van der Waals surface area contributed by atoms with Crippen LogP contribution in [0.15, 0.2) is 107 Å². The smallest absolute Gasteiger partial charge is 0.263 e. The van der Waals surface area contributed by atoms with Gasteiger partial charge in [-0.05, 0) is 84.9 Å². The predicted octanol–water partition coefficient (Wildman–Crippen LogP) is 5.99. The quantitative estimate of drug-likeness (QED) is 0.129. The molecule has 4 N–H and O–H groups in total. The molecule has 2 atom stereocenters. The Kier molecular flexibility index (Phi) is 9.91. The van der Waals surface area contributed by atoms with Crippen molar-refractivity contribution in [1.82, 2.24) is 0 Å².